The van der Waals surface area contributed by atoms with E-state index in [4.69, 9.17) is 10.5 Å². The molecule has 1 heterocycles. The molecule has 0 fully saturated rings. The first-order valence-corrected chi connectivity index (χ1v) is 7.96. The minimum absolute atomic E-state index is 0.692. The second-order valence-corrected chi connectivity index (χ2v) is 6.15. The molecule has 0 amide bonds. The third kappa shape index (κ3) is 3.35. The highest BCUT2D eigenvalue weighted by molar-refractivity contribution is 5.62. The number of nitrogens with zero attached hydrogens (tertiary/aromatic N) is 1. The van der Waals surface area contributed by atoms with Crippen LogP contribution in [0.1, 0.15) is 23.1 Å². The molecule has 0 bridgehead atoms. The van der Waals surface area contributed by atoms with Crippen LogP contribution in [-0.4, -0.2) is 19.7 Å². The van der Waals surface area contributed by atoms with Crippen molar-refractivity contribution < 1.29 is 4.74 Å². The van der Waals surface area contributed by atoms with Crippen LogP contribution in [0.15, 0.2) is 36.4 Å². The topological polar surface area (TPSA) is 38.5 Å². The molecule has 2 N–H and O–H groups in total. The average molecular weight is 296 g/mol. The van der Waals surface area contributed by atoms with Crippen LogP contribution in [0, 0.1) is 13.8 Å². The van der Waals surface area contributed by atoms with Crippen molar-refractivity contribution >= 4 is 11.4 Å². The Hall–Kier alpha value is -2.16. The van der Waals surface area contributed by atoms with Gasteiger partial charge in [-0.15, -0.1) is 0 Å². The van der Waals surface area contributed by atoms with Crippen molar-refractivity contribution in [3.63, 3.8) is 0 Å². The van der Waals surface area contributed by atoms with Gasteiger partial charge in [0.05, 0.1) is 6.54 Å². The maximum absolute atomic E-state index is 5.94. The summed E-state index contributed by atoms with van der Waals surface area (Å²) < 4.78 is 5.94. The molecule has 3 heteroatoms. The van der Waals surface area contributed by atoms with Gasteiger partial charge in [0.25, 0.3) is 0 Å². The maximum atomic E-state index is 5.94. The van der Waals surface area contributed by atoms with Gasteiger partial charge in [0.2, 0.25) is 0 Å². The molecule has 0 saturated heterocycles. The van der Waals surface area contributed by atoms with Crippen molar-refractivity contribution in [1.82, 2.24) is 0 Å². The molecule has 0 atom stereocenters. The molecule has 3 rings (SSSR count). The Morgan fingerprint density at radius 1 is 1.09 bits per heavy atom. The molecule has 1 aliphatic heterocycles. The van der Waals surface area contributed by atoms with Crippen LogP contribution in [0.25, 0.3) is 0 Å². The van der Waals surface area contributed by atoms with Crippen LogP contribution in [0.4, 0.5) is 11.4 Å². The normalized spacial score (nSPS) is 13.8. The van der Waals surface area contributed by atoms with Crippen LogP contribution < -0.4 is 15.4 Å². The molecule has 0 aromatic heterocycles. The smallest absolute Gasteiger partial charge is 0.119 e. The van der Waals surface area contributed by atoms with Crippen LogP contribution in [0.3, 0.4) is 0 Å². The Kier molecular flexibility index (Phi) is 4.23. The zero-order valence-corrected chi connectivity index (χ0v) is 13.4. The molecule has 0 aliphatic carbocycles. The highest BCUT2D eigenvalue weighted by Crippen LogP contribution is 2.28. The fourth-order valence-corrected chi connectivity index (χ4v) is 3.19. The van der Waals surface area contributed by atoms with Crippen LogP contribution in [-0.2, 0) is 6.42 Å². The number of hydrogen-bond acceptors (Lipinski definition) is 3. The standard InChI is InChI=1S/C19H24N2O/c1-14-10-15(2)12-18(11-14)22-9-8-21-7-3-4-16-5-6-17(20)13-19(16)21/h5-6,10-13H,3-4,7-9,20H2,1-2H3. The molecular weight excluding hydrogens is 272 g/mol. The summed E-state index contributed by atoms with van der Waals surface area (Å²) in [6, 6.07) is 12.6. The second kappa shape index (κ2) is 6.30. The van der Waals surface area contributed by atoms with E-state index in [1.807, 2.05) is 6.07 Å². The van der Waals surface area contributed by atoms with E-state index in [0.717, 1.165) is 30.9 Å². The maximum Gasteiger partial charge on any atom is 0.119 e. The average Bonchev–Trinajstić information content (AvgIpc) is 2.46. The number of fused-ring (bicyclic) bond motifs is 1. The number of nitrogen functional groups attached to an aromatic ring is 1. The van der Waals surface area contributed by atoms with Crippen molar-refractivity contribution in [1.29, 1.82) is 0 Å². The van der Waals surface area contributed by atoms with Crippen LogP contribution in [0.5, 0.6) is 5.75 Å². The second-order valence-electron chi connectivity index (χ2n) is 6.15. The van der Waals surface area contributed by atoms with Gasteiger partial charge < -0.3 is 15.4 Å². The van der Waals surface area contributed by atoms with Crippen molar-refractivity contribution in [2.45, 2.75) is 26.7 Å². The summed E-state index contributed by atoms with van der Waals surface area (Å²) in [5.74, 6) is 0.960. The number of nitrogens with two attached hydrogens (primary N) is 1. The Bertz CT molecular complexity index is 646. The van der Waals surface area contributed by atoms with Gasteiger partial charge in [-0.3, -0.25) is 0 Å². The van der Waals surface area contributed by atoms with E-state index in [9.17, 15) is 0 Å². The summed E-state index contributed by atoms with van der Waals surface area (Å²) in [6.07, 6.45) is 2.34. The molecule has 2 aromatic rings. The summed E-state index contributed by atoms with van der Waals surface area (Å²) in [7, 11) is 0. The molecule has 0 radical (unpaired) electrons. The van der Waals surface area contributed by atoms with Gasteiger partial charge in [-0.05, 0) is 67.6 Å². The lowest BCUT2D eigenvalue weighted by Gasteiger charge is -2.31. The van der Waals surface area contributed by atoms with E-state index in [1.54, 1.807) is 0 Å². The first-order chi connectivity index (χ1) is 10.6. The molecule has 0 saturated carbocycles. The highest BCUT2D eigenvalue weighted by atomic mass is 16.5. The third-order valence-electron chi connectivity index (χ3n) is 4.15. The van der Waals surface area contributed by atoms with E-state index in [0.29, 0.717) is 6.61 Å². The van der Waals surface area contributed by atoms with E-state index >= 15 is 0 Å². The molecule has 116 valence electrons. The predicted octanol–water partition coefficient (Wildman–Crippen LogP) is 3.72. The van der Waals surface area contributed by atoms with Gasteiger partial charge in [0.1, 0.15) is 12.4 Å². The van der Waals surface area contributed by atoms with Crippen molar-refractivity contribution in [3.8, 4) is 5.75 Å². The van der Waals surface area contributed by atoms with Crippen LogP contribution in [0.2, 0.25) is 0 Å². The quantitative estimate of drug-likeness (QED) is 0.874. The van der Waals surface area contributed by atoms with Crippen molar-refractivity contribution in [2.75, 3.05) is 30.3 Å². The van der Waals surface area contributed by atoms with Crippen molar-refractivity contribution in [3.05, 3.63) is 53.1 Å². The largest absolute Gasteiger partial charge is 0.492 e. The van der Waals surface area contributed by atoms with Crippen LogP contribution >= 0.6 is 0 Å². The third-order valence-corrected chi connectivity index (χ3v) is 4.15. The van der Waals surface area contributed by atoms with Crippen molar-refractivity contribution in [2.24, 2.45) is 0 Å². The lowest BCUT2D eigenvalue weighted by Crippen LogP contribution is -2.33. The van der Waals surface area contributed by atoms with Gasteiger partial charge in [0, 0.05) is 17.9 Å². The molecule has 0 unspecified atom stereocenters. The van der Waals surface area contributed by atoms with E-state index < -0.39 is 0 Å². The number of ether oxygens (including phenoxy) is 1. The Balaban J connectivity index is 1.64. The minimum atomic E-state index is 0.692. The Morgan fingerprint density at radius 3 is 2.64 bits per heavy atom. The zero-order valence-electron chi connectivity index (χ0n) is 13.4. The predicted molar refractivity (Wildman–Crippen MR) is 92.8 cm³/mol. The van der Waals surface area contributed by atoms with Gasteiger partial charge in [0.15, 0.2) is 0 Å². The Labute approximate surface area is 132 Å². The van der Waals surface area contributed by atoms with E-state index in [2.05, 4.69) is 49.1 Å². The number of benzene rings is 2. The summed E-state index contributed by atoms with van der Waals surface area (Å²) in [5.41, 5.74) is 11.9. The number of rotatable bonds is 4. The first kappa shape index (κ1) is 14.8. The SMILES string of the molecule is Cc1cc(C)cc(OCCN2CCCc3ccc(N)cc32)c1. The fraction of sp³-hybridized carbons (Fsp3) is 0.368. The fourth-order valence-electron chi connectivity index (χ4n) is 3.19. The lowest BCUT2D eigenvalue weighted by atomic mass is 10.0. The zero-order chi connectivity index (χ0) is 15.5. The monoisotopic (exact) mass is 296 g/mol. The molecule has 2 aromatic carbocycles. The Morgan fingerprint density at radius 2 is 1.86 bits per heavy atom. The van der Waals surface area contributed by atoms with Gasteiger partial charge in [-0.25, -0.2) is 0 Å². The lowest BCUT2D eigenvalue weighted by molar-refractivity contribution is 0.322. The molecular formula is C19H24N2O. The summed E-state index contributed by atoms with van der Waals surface area (Å²) in [6.45, 7) is 6.86. The first-order valence-electron chi connectivity index (χ1n) is 7.96. The van der Waals surface area contributed by atoms with Gasteiger partial charge in [-0.1, -0.05) is 12.1 Å². The molecule has 22 heavy (non-hydrogen) atoms. The summed E-state index contributed by atoms with van der Waals surface area (Å²) in [4.78, 5) is 2.39. The molecule has 0 spiro atoms. The number of anilines is 2. The number of hydrogen-bond donors (Lipinski definition) is 1. The number of aryl methyl sites for hydroxylation is 3. The van der Waals surface area contributed by atoms with E-state index in [1.165, 1.54) is 28.8 Å². The van der Waals surface area contributed by atoms with Gasteiger partial charge >= 0.3 is 0 Å². The summed E-state index contributed by atoms with van der Waals surface area (Å²) in [5, 5.41) is 0. The highest BCUT2D eigenvalue weighted by Gasteiger charge is 2.16. The molecule has 1 aliphatic rings. The van der Waals surface area contributed by atoms with Gasteiger partial charge in [-0.2, -0.15) is 0 Å². The molecule has 3 nitrogen and oxygen atoms in total. The van der Waals surface area contributed by atoms with E-state index in [-0.39, 0.29) is 0 Å². The summed E-state index contributed by atoms with van der Waals surface area (Å²) >= 11 is 0. The minimum Gasteiger partial charge on any atom is -0.492 e.